The highest BCUT2D eigenvalue weighted by Crippen LogP contribution is 2.21. The molecule has 0 fully saturated rings. The van der Waals surface area contributed by atoms with Crippen molar-refractivity contribution in [1.29, 1.82) is 0 Å². The van der Waals surface area contributed by atoms with Crippen LogP contribution in [0.2, 0.25) is 0 Å². The second-order valence-corrected chi connectivity index (χ2v) is 7.11. The summed E-state index contributed by atoms with van der Waals surface area (Å²) in [5.41, 5.74) is 2.52. The normalized spacial score (nSPS) is 14.0. The Morgan fingerprint density at radius 1 is 0.952 bits per heavy atom. The van der Waals surface area contributed by atoms with E-state index in [9.17, 15) is 4.21 Å². The zero-order valence-electron chi connectivity index (χ0n) is 12.7. The zero-order chi connectivity index (χ0) is 15.1. The Morgan fingerprint density at radius 3 is 1.86 bits per heavy atom. The van der Waals surface area contributed by atoms with Gasteiger partial charge in [0.1, 0.15) is 0 Å². The van der Waals surface area contributed by atoms with Crippen molar-refractivity contribution in [3.63, 3.8) is 0 Å². The van der Waals surface area contributed by atoms with E-state index < -0.39 is 10.8 Å². The van der Waals surface area contributed by atoms with Gasteiger partial charge < -0.3 is 5.32 Å². The van der Waals surface area contributed by atoms with Crippen molar-refractivity contribution >= 4 is 10.8 Å². The van der Waals surface area contributed by atoms with Crippen LogP contribution in [0, 0.1) is 0 Å². The molecular formula is C18H23NOS. The SMILES string of the molecule is CC(CCNC(c1ccccc1)c1ccccc1)S(C)=O. The van der Waals surface area contributed by atoms with Crippen LogP contribution in [-0.2, 0) is 10.8 Å². The molecule has 0 aromatic heterocycles. The molecule has 0 radical (unpaired) electrons. The van der Waals surface area contributed by atoms with Crippen LogP contribution in [0.3, 0.4) is 0 Å². The quantitative estimate of drug-likeness (QED) is 0.848. The molecule has 2 rings (SSSR count). The van der Waals surface area contributed by atoms with Gasteiger partial charge in [0.15, 0.2) is 0 Å². The van der Waals surface area contributed by atoms with E-state index in [-0.39, 0.29) is 11.3 Å². The highest BCUT2D eigenvalue weighted by Gasteiger charge is 2.14. The van der Waals surface area contributed by atoms with Crippen LogP contribution >= 0.6 is 0 Å². The molecule has 0 spiro atoms. The number of rotatable bonds is 7. The number of hydrogen-bond donors (Lipinski definition) is 1. The molecule has 0 saturated heterocycles. The maximum Gasteiger partial charge on any atom is 0.0576 e. The fourth-order valence-electron chi connectivity index (χ4n) is 2.32. The Morgan fingerprint density at radius 2 is 1.43 bits per heavy atom. The zero-order valence-corrected chi connectivity index (χ0v) is 13.5. The maximum absolute atomic E-state index is 11.4. The van der Waals surface area contributed by atoms with Gasteiger partial charge in [-0.2, -0.15) is 0 Å². The molecule has 0 amide bonds. The summed E-state index contributed by atoms with van der Waals surface area (Å²) in [5.74, 6) is 0. The molecule has 0 aliphatic heterocycles. The standard InChI is InChI=1S/C18H23NOS/c1-15(21(2)20)13-14-19-18(16-9-5-3-6-10-16)17-11-7-4-8-12-17/h3-12,15,18-19H,13-14H2,1-2H3. The Labute approximate surface area is 130 Å². The molecule has 2 atom stereocenters. The fourth-order valence-corrected chi connectivity index (χ4v) is 2.77. The molecule has 2 nitrogen and oxygen atoms in total. The van der Waals surface area contributed by atoms with E-state index >= 15 is 0 Å². The van der Waals surface area contributed by atoms with Crippen molar-refractivity contribution in [1.82, 2.24) is 5.32 Å². The highest BCUT2D eigenvalue weighted by atomic mass is 32.2. The minimum absolute atomic E-state index is 0.185. The Hall–Kier alpha value is -1.45. The van der Waals surface area contributed by atoms with E-state index in [4.69, 9.17) is 0 Å². The lowest BCUT2D eigenvalue weighted by Gasteiger charge is -2.20. The van der Waals surface area contributed by atoms with Crippen LogP contribution < -0.4 is 5.32 Å². The molecule has 0 aliphatic carbocycles. The van der Waals surface area contributed by atoms with Gasteiger partial charge >= 0.3 is 0 Å². The van der Waals surface area contributed by atoms with Crippen molar-refractivity contribution in [2.24, 2.45) is 0 Å². The third-order valence-electron chi connectivity index (χ3n) is 3.73. The van der Waals surface area contributed by atoms with Gasteiger partial charge in [-0.15, -0.1) is 0 Å². The van der Waals surface area contributed by atoms with Crippen molar-refractivity contribution in [2.75, 3.05) is 12.8 Å². The lowest BCUT2D eigenvalue weighted by Crippen LogP contribution is -2.26. The predicted octanol–water partition coefficient (Wildman–Crippen LogP) is 3.52. The summed E-state index contributed by atoms with van der Waals surface area (Å²) in [5, 5.41) is 3.83. The van der Waals surface area contributed by atoms with Gasteiger partial charge in [-0.3, -0.25) is 4.21 Å². The number of nitrogens with one attached hydrogen (secondary N) is 1. The van der Waals surface area contributed by atoms with Gasteiger partial charge in [-0.1, -0.05) is 67.6 Å². The van der Waals surface area contributed by atoms with Gasteiger partial charge in [0.2, 0.25) is 0 Å². The largest absolute Gasteiger partial charge is 0.306 e. The van der Waals surface area contributed by atoms with Gasteiger partial charge in [0.25, 0.3) is 0 Å². The molecule has 2 unspecified atom stereocenters. The Kier molecular flexibility index (Phi) is 6.15. The number of hydrogen-bond acceptors (Lipinski definition) is 2. The lowest BCUT2D eigenvalue weighted by molar-refractivity contribution is 0.577. The summed E-state index contributed by atoms with van der Waals surface area (Å²) in [7, 11) is -0.754. The first-order chi connectivity index (χ1) is 10.2. The van der Waals surface area contributed by atoms with Crippen LogP contribution in [0.15, 0.2) is 60.7 Å². The highest BCUT2D eigenvalue weighted by molar-refractivity contribution is 7.84. The summed E-state index contributed by atoms with van der Waals surface area (Å²) in [6, 6.07) is 21.1. The topological polar surface area (TPSA) is 29.1 Å². The summed E-state index contributed by atoms with van der Waals surface area (Å²) < 4.78 is 11.4. The van der Waals surface area contributed by atoms with Gasteiger partial charge in [-0.05, 0) is 24.1 Å². The molecule has 0 heterocycles. The van der Waals surface area contributed by atoms with E-state index in [0.717, 1.165) is 13.0 Å². The first kappa shape index (κ1) is 15.9. The summed E-state index contributed by atoms with van der Waals surface area (Å²) >= 11 is 0. The molecule has 2 aromatic carbocycles. The summed E-state index contributed by atoms with van der Waals surface area (Å²) in [6.07, 6.45) is 2.69. The van der Waals surface area contributed by atoms with Crippen LogP contribution in [-0.4, -0.2) is 22.3 Å². The van der Waals surface area contributed by atoms with E-state index in [2.05, 4.69) is 53.8 Å². The third-order valence-corrected chi connectivity index (χ3v) is 5.10. The van der Waals surface area contributed by atoms with Crippen molar-refractivity contribution in [3.8, 4) is 0 Å². The minimum Gasteiger partial charge on any atom is -0.306 e. The van der Waals surface area contributed by atoms with Crippen LogP contribution in [0.1, 0.15) is 30.5 Å². The van der Waals surface area contributed by atoms with E-state index in [1.165, 1.54) is 11.1 Å². The van der Waals surface area contributed by atoms with Crippen LogP contribution in [0.5, 0.6) is 0 Å². The minimum atomic E-state index is -0.754. The van der Waals surface area contributed by atoms with Gasteiger partial charge in [0, 0.05) is 22.3 Å². The lowest BCUT2D eigenvalue weighted by atomic mass is 9.98. The van der Waals surface area contributed by atoms with Crippen molar-refractivity contribution < 1.29 is 4.21 Å². The number of benzene rings is 2. The maximum atomic E-state index is 11.4. The van der Waals surface area contributed by atoms with Gasteiger partial charge in [-0.25, -0.2) is 0 Å². The summed E-state index contributed by atoms with van der Waals surface area (Å²) in [4.78, 5) is 0. The molecule has 0 saturated carbocycles. The second-order valence-electron chi connectivity index (χ2n) is 5.31. The molecular weight excluding hydrogens is 278 g/mol. The van der Waals surface area contributed by atoms with Crippen molar-refractivity contribution in [2.45, 2.75) is 24.6 Å². The van der Waals surface area contributed by atoms with Crippen LogP contribution in [0.25, 0.3) is 0 Å². The molecule has 21 heavy (non-hydrogen) atoms. The predicted molar refractivity (Wildman–Crippen MR) is 90.9 cm³/mol. The third kappa shape index (κ3) is 4.80. The molecule has 3 heteroatoms. The fraction of sp³-hybridized carbons (Fsp3) is 0.333. The molecule has 0 bridgehead atoms. The Balaban J connectivity index is 2.09. The second kappa shape index (κ2) is 8.11. The van der Waals surface area contributed by atoms with E-state index in [1.54, 1.807) is 6.26 Å². The molecule has 1 N–H and O–H groups in total. The molecule has 0 aliphatic rings. The first-order valence-corrected chi connectivity index (χ1v) is 8.96. The van der Waals surface area contributed by atoms with Crippen LogP contribution in [0.4, 0.5) is 0 Å². The smallest absolute Gasteiger partial charge is 0.0576 e. The monoisotopic (exact) mass is 301 g/mol. The molecule has 112 valence electrons. The van der Waals surface area contributed by atoms with E-state index in [0.29, 0.717) is 0 Å². The molecule has 2 aromatic rings. The van der Waals surface area contributed by atoms with Crippen molar-refractivity contribution in [3.05, 3.63) is 71.8 Å². The average Bonchev–Trinajstić information content (AvgIpc) is 2.53. The Bertz CT molecular complexity index is 516. The summed E-state index contributed by atoms with van der Waals surface area (Å²) in [6.45, 7) is 2.90. The average molecular weight is 301 g/mol. The first-order valence-electron chi connectivity index (χ1n) is 7.34. The van der Waals surface area contributed by atoms with E-state index in [1.807, 2.05) is 19.1 Å². The van der Waals surface area contributed by atoms with Gasteiger partial charge in [0.05, 0.1) is 6.04 Å².